The van der Waals surface area contributed by atoms with Crippen LogP contribution in [0.2, 0.25) is 0 Å². The maximum absolute atomic E-state index is 13.0. The van der Waals surface area contributed by atoms with E-state index in [0.717, 1.165) is 5.56 Å². The molecule has 0 aromatic heterocycles. The quantitative estimate of drug-likeness (QED) is 0.423. The van der Waals surface area contributed by atoms with Crippen LogP contribution >= 0.6 is 0 Å². The van der Waals surface area contributed by atoms with Gasteiger partial charge in [-0.05, 0) is 44.4 Å². The molecule has 1 aliphatic rings. The number of carbonyl (C=O) groups is 2. The van der Waals surface area contributed by atoms with Crippen molar-refractivity contribution < 1.29 is 22.7 Å². The minimum Gasteiger partial charge on any atom is -0.456 e. The summed E-state index contributed by atoms with van der Waals surface area (Å²) in [7, 11) is -3.78. The molecule has 0 spiro atoms. The zero-order valence-corrected chi connectivity index (χ0v) is 16.3. The Labute approximate surface area is 160 Å². The Bertz CT molecular complexity index is 875. The van der Waals surface area contributed by atoms with Crippen molar-refractivity contribution in [2.75, 3.05) is 19.7 Å². The summed E-state index contributed by atoms with van der Waals surface area (Å²) in [5.74, 6) is 4.17. The van der Waals surface area contributed by atoms with Crippen molar-refractivity contribution in [2.45, 2.75) is 31.6 Å². The standard InChI is InChI=1S/C20H23NO5S/c1-3-26-20(23)5-4-14-21(15-17-8-10-18(22)11-9-17)27(24,25)19-12-6-16(2)7-13-19/h6-8,10,12-13,17H,3,9,11,14-15H2,1-2H3. The maximum Gasteiger partial charge on any atom is 0.384 e. The molecule has 1 aromatic carbocycles. The van der Waals surface area contributed by atoms with Crippen molar-refractivity contribution in [3.63, 3.8) is 0 Å². The summed E-state index contributed by atoms with van der Waals surface area (Å²) in [4.78, 5) is 22.9. The molecule has 0 bridgehead atoms. The van der Waals surface area contributed by atoms with E-state index in [9.17, 15) is 18.0 Å². The van der Waals surface area contributed by atoms with Crippen LogP contribution in [0.1, 0.15) is 25.3 Å². The van der Waals surface area contributed by atoms with Gasteiger partial charge in [0, 0.05) is 18.9 Å². The number of benzene rings is 1. The molecular formula is C20H23NO5S. The highest BCUT2D eigenvalue weighted by Gasteiger charge is 2.27. The number of sulfonamides is 1. The SMILES string of the molecule is CCOC(=O)C#CCN(CC1C=CC(=O)CC1)S(=O)(=O)c1ccc(C)cc1. The molecular weight excluding hydrogens is 366 g/mol. The van der Waals surface area contributed by atoms with E-state index < -0.39 is 16.0 Å². The molecule has 7 heteroatoms. The van der Waals surface area contributed by atoms with E-state index >= 15 is 0 Å². The molecule has 0 saturated heterocycles. The summed E-state index contributed by atoms with van der Waals surface area (Å²) in [5, 5.41) is 0. The number of esters is 1. The number of nitrogens with zero attached hydrogens (tertiary/aromatic N) is 1. The highest BCUT2D eigenvalue weighted by atomic mass is 32.2. The van der Waals surface area contributed by atoms with Gasteiger partial charge in [0.05, 0.1) is 18.0 Å². The highest BCUT2D eigenvalue weighted by molar-refractivity contribution is 7.89. The molecule has 0 fully saturated rings. The molecule has 27 heavy (non-hydrogen) atoms. The number of allylic oxidation sites excluding steroid dienone is 1. The molecule has 144 valence electrons. The van der Waals surface area contributed by atoms with E-state index in [1.165, 1.54) is 10.4 Å². The molecule has 1 atom stereocenters. The molecule has 0 saturated carbocycles. The van der Waals surface area contributed by atoms with Gasteiger partial charge in [-0.2, -0.15) is 4.31 Å². The fraction of sp³-hybridized carbons (Fsp3) is 0.400. The number of ether oxygens (including phenoxy) is 1. The van der Waals surface area contributed by atoms with Crippen molar-refractivity contribution in [1.29, 1.82) is 0 Å². The third-order valence-corrected chi connectivity index (χ3v) is 5.96. The minimum atomic E-state index is -3.78. The van der Waals surface area contributed by atoms with Crippen LogP contribution in [-0.2, 0) is 24.3 Å². The summed E-state index contributed by atoms with van der Waals surface area (Å²) in [5.41, 5.74) is 0.955. The minimum absolute atomic E-state index is 0.0429. The van der Waals surface area contributed by atoms with Gasteiger partial charge in [-0.3, -0.25) is 4.79 Å². The molecule has 6 nitrogen and oxygen atoms in total. The number of hydrogen-bond acceptors (Lipinski definition) is 5. The van der Waals surface area contributed by atoms with Gasteiger partial charge in [-0.25, -0.2) is 13.2 Å². The summed E-state index contributed by atoms with van der Waals surface area (Å²) < 4.78 is 32.1. The molecule has 0 amide bonds. The van der Waals surface area contributed by atoms with Gasteiger partial charge in [0.25, 0.3) is 0 Å². The van der Waals surface area contributed by atoms with Crippen LogP contribution in [0, 0.1) is 24.7 Å². The Morgan fingerprint density at radius 3 is 2.59 bits per heavy atom. The molecule has 0 heterocycles. The summed E-state index contributed by atoms with van der Waals surface area (Å²) in [6, 6.07) is 6.57. The number of rotatable bonds is 6. The van der Waals surface area contributed by atoms with Crippen LogP contribution in [0.15, 0.2) is 41.3 Å². The first-order valence-corrected chi connectivity index (χ1v) is 10.2. The van der Waals surface area contributed by atoms with Crippen LogP contribution < -0.4 is 0 Å². The van der Waals surface area contributed by atoms with E-state index in [2.05, 4.69) is 11.8 Å². The van der Waals surface area contributed by atoms with E-state index in [1.807, 2.05) is 6.92 Å². The lowest BCUT2D eigenvalue weighted by Crippen LogP contribution is -2.36. The summed E-state index contributed by atoms with van der Waals surface area (Å²) >= 11 is 0. The van der Waals surface area contributed by atoms with Crippen LogP contribution in [0.3, 0.4) is 0 Å². The van der Waals surface area contributed by atoms with Gasteiger partial charge in [0.15, 0.2) is 5.78 Å². The molecule has 0 radical (unpaired) electrons. The first-order valence-electron chi connectivity index (χ1n) is 8.76. The third kappa shape index (κ3) is 6.05. The van der Waals surface area contributed by atoms with E-state index in [1.54, 1.807) is 37.3 Å². The van der Waals surface area contributed by atoms with Crippen molar-refractivity contribution in [3.8, 4) is 11.8 Å². The second kappa shape index (κ2) is 9.49. The average Bonchev–Trinajstić information content (AvgIpc) is 2.63. The Hall–Kier alpha value is -2.43. The molecule has 1 aliphatic carbocycles. The van der Waals surface area contributed by atoms with Crippen LogP contribution in [0.4, 0.5) is 0 Å². The Kier molecular flexibility index (Phi) is 7.34. The summed E-state index contributed by atoms with van der Waals surface area (Å²) in [6.07, 6.45) is 4.21. The second-order valence-electron chi connectivity index (χ2n) is 6.26. The fourth-order valence-electron chi connectivity index (χ4n) is 2.64. The van der Waals surface area contributed by atoms with Crippen molar-refractivity contribution >= 4 is 21.8 Å². The largest absolute Gasteiger partial charge is 0.456 e. The van der Waals surface area contributed by atoms with Gasteiger partial charge < -0.3 is 4.74 Å². The second-order valence-corrected chi connectivity index (χ2v) is 8.19. The lowest BCUT2D eigenvalue weighted by Gasteiger charge is -2.25. The van der Waals surface area contributed by atoms with Gasteiger partial charge in [-0.1, -0.05) is 29.7 Å². The van der Waals surface area contributed by atoms with Gasteiger partial charge in [0.2, 0.25) is 10.0 Å². The van der Waals surface area contributed by atoms with Crippen molar-refractivity contribution in [1.82, 2.24) is 4.31 Å². The van der Waals surface area contributed by atoms with E-state index in [4.69, 9.17) is 4.74 Å². The topological polar surface area (TPSA) is 80.8 Å². The van der Waals surface area contributed by atoms with Gasteiger partial charge in [0.1, 0.15) is 0 Å². The Balaban J connectivity index is 2.24. The third-order valence-electron chi connectivity index (χ3n) is 4.13. The van der Waals surface area contributed by atoms with Gasteiger partial charge in [-0.15, -0.1) is 0 Å². The van der Waals surface area contributed by atoms with Crippen LogP contribution in [0.5, 0.6) is 0 Å². The maximum atomic E-state index is 13.0. The number of ketones is 1. The van der Waals surface area contributed by atoms with Gasteiger partial charge >= 0.3 is 5.97 Å². The first kappa shape index (κ1) is 20.9. The molecule has 1 aromatic rings. The number of carbonyl (C=O) groups excluding carboxylic acids is 2. The monoisotopic (exact) mass is 389 g/mol. The average molecular weight is 389 g/mol. The normalized spacial score (nSPS) is 16.7. The number of hydrogen-bond donors (Lipinski definition) is 0. The fourth-order valence-corrected chi connectivity index (χ4v) is 4.04. The first-order chi connectivity index (χ1) is 12.8. The zero-order valence-electron chi connectivity index (χ0n) is 15.5. The molecule has 0 N–H and O–H groups in total. The molecule has 1 unspecified atom stereocenters. The Morgan fingerprint density at radius 2 is 2.00 bits per heavy atom. The molecule has 0 aliphatic heterocycles. The predicted molar refractivity (Wildman–Crippen MR) is 101 cm³/mol. The Morgan fingerprint density at radius 1 is 1.30 bits per heavy atom. The lowest BCUT2D eigenvalue weighted by atomic mass is 9.95. The van der Waals surface area contributed by atoms with Crippen LogP contribution in [0.25, 0.3) is 0 Å². The zero-order chi connectivity index (χ0) is 19.9. The van der Waals surface area contributed by atoms with E-state index in [-0.39, 0.29) is 36.3 Å². The summed E-state index contributed by atoms with van der Waals surface area (Å²) in [6.45, 7) is 3.82. The van der Waals surface area contributed by atoms with E-state index in [0.29, 0.717) is 12.8 Å². The van der Waals surface area contributed by atoms with Crippen molar-refractivity contribution in [2.24, 2.45) is 5.92 Å². The lowest BCUT2D eigenvalue weighted by molar-refractivity contribution is -0.136. The smallest absolute Gasteiger partial charge is 0.384 e. The number of aryl methyl sites for hydroxylation is 1. The van der Waals surface area contributed by atoms with Crippen molar-refractivity contribution in [3.05, 3.63) is 42.0 Å². The van der Waals surface area contributed by atoms with Crippen LogP contribution in [-0.4, -0.2) is 44.2 Å². The molecule has 2 rings (SSSR count). The highest BCUT2D eigenvalue weighted by Crippen LogP contribution is 2.21. The predicted octanol–water partition coefficient (Wildman–Crippen LogP) is 2.09.